The maximum absolute atomic E-state index is 11.5. The van der Waals surface area contributed by atoms with Gasteiger partial charge >= 0.3 is 0 Å². The first kappa shape index (κ1) is 10.4. The molecule has 82 valence electrons. The predicted molar refractivity (Wildman–Crippen MR) is 57.0 cm³/mol. The monoisotopic (exact) mass is 217 g/mol. The van der Waals surface area contributed by atoms with Crippen LogP contribution in [0.2, 0.25) is 0 Å². The van der Waals surface area contributed by atoms with Crippen LogP contribution >= 0.6 is 0 Å². The average Bonchev–Trinajstić information content (AvgIpc) is 2.70. The van der Waals surface area contributed by atoms with Crippen LogP contribution in [0.3, 0.4) is 0 Å². The highest BCUT2D eigenvalue weighted by molar-refractivity contribution is 7.92. The van der Waals surface area contributed by atoms with Crippen LogP contribution in [0, 0.1) is 0 Å². The fraction of sp³-hybridized carbons (Fsp3) is 1.00. The van der Waals surface area contributed by atoms with Gasteiger partial charge in [0.1, 0.15) is 0 Å². The van der Waals surface area contributed by atoms with E-state index in [1.807, 2.05) is 6.92 Å². The quantitative estimate of drug-likeness (QED) is 0.753. The van der Waals surface area contributed by atoms with Crippen molar-refractivity contribution in [1.82, 2.24) is 5.32 Å². The second-order valence-electron chi connectivity index (χ2n) is 4.62. The van der Waals surface area contributed by atoms with Crippen molar-refractivity contribution in [3.8, 4) is 0 Å². The summed E-state index contributed by atoms with van der Waals surface area (Å²) in [7, 11) is -2.78. The Bertz CT molecular complexity index is 293. The number of rotatable bonds is 2. The van der Waals surface area contributed by atoms with Gasteiger partial charge in [0, 0.05) is 12.1 Å². The Hall–Kier alpha value is -0.0900. The lowest BCUT2D eigenvalue weighted by atomic mass is 10.1. The van der Waals surface area contributed by atoms with Gasteiger partial charge in [-0.15, -0.1) is 0 Å². The normalized spacial score (nSPS) is 37.8. The fourth-order valence-corrected chi connectivity index (χ4v) is 4.25. The standard InChI is InChI=1S/C10H19NO2S/c1-8-10(6-7-14(8,12)13)11-9-4-2-3-5-9/h8-11H,2-7H2,1H3. The molecule has 0 aromatic rings. The van der Waals surface area contributed by atoms with E-state index in [1.54, 1.807) is 0 Å². The largest absolute Gasteiger partial charge is 0.310 e. The van der Waals surface area contributed by atoms with Gasteiger partial charge < -0.3 is 5.32 Å². The van der Waals surface area contributed by atoms with Crippen LogP contribution in [-0.4, -0.2) is 31.5 Å². The van der Waals surface area contributed by atoms with E-state index in [-0.39, 0.29) is 11.3 Å². The van der Waals surface area contributed by atoms with Crippen molar-refractivity contribution in [3.05, 3.63) is 0 Å². The van der Waals surface area contributed by atoms with E-state index in [0.717, 1.165) is 6.42 Å². The van der Waals surface area contributed by atoms with E-state index in [4.69, 9.17) is 0 Å². The summed E-state index contributed by atoms with van der Waals surface area (Å²) in [6.45, 7) is 1.84. The van der Waals surface area contributed by atoms with E-state index in [0.29, 0.717) is 11.8 Å². The first-order chi connectivity index (χ1) is 6.59. The van der Waals surface area contributed by atoms with Crippen molar-refractivity contribution >= 4 is 9.84 Å². The first-order valence-corrected chi connectivity index (χ1v) is 7.29. The van der Waals surface area contributed by atoms with E-state index in [2.05, 4.69) is 5.32 Å². The van der Waals surface area contributed by atoms with Crippen molar-refractivity contribution in [2.45, 2.75) is 56.4 Å². The molecule has 0 amide bonds. The predicted octanol–water partition coefficient (Wildman–Crippen LogP) is 1.09. The van der Waals surface area contributed by atoms with Crippen LogP contribution in [0.5, 0.6) is 0 Å². The number of hydrogen-bond acceptors (Lipinski definition) is 3. The molecule has 0 aromatic heterocycles. The summed E-state index contributed by atoms with van der Waals surface area (Å²) in [6, 6.07) is 0.791. The van der Waals surface area contributed by atoms with Crippen LogP contribution in [0.25, 0.3) is 0 Å². The molecule has 0 bridgehead atoms. The number of sulfone groups is 1. The minimum Gasteiger partial charge on any atom is -0.310 e. The molecule has 2 aliphatic rings. The van der Waals surface area contributed by atoms with Gasteiger partial charge in [-0.2, -0.15) is 0 Å². The molecule has 3 nitrogen and oxygen atoms in total. The molecule has 1 aliphatic carbocycles. The molecule has 1 saturated carbocycles. The lowest BCUT2D eigenvalue weighted by molar-refractivity contribution is 0.426. The van der Waals surface area contributed by atoms with Crippen molar-refractivity contribution in [3.63, 3.8) is 0 Å². The summed E-state index contributed by atoms with van der Waals surface area (Å²) in [5, 5.41) is 3.33. The van der Waals surface area contributed by atoms with Gasteiger partial charge in [0.05, 0.1) is 11.0 Å². The van der Waals surface area contributed by atoms with Crippen LogP contribution < -0.4 is 5.32 Å². The molecule has 1 saturated heterocycles. The maximum Gasteiger partial charge on any atom is 0.154 e. The second-order valence-corrected chi connectivity index (χ2v) is 7.09. The third-order valence-electron chi connectivity index (χ3n) is 3.65. The number of nitrogens with one attached hydrogen (secondary N) is 1. The third-order valence-corrected chi connectivity index (χ3v) is 5.92. The Morgan fingerprint density at radius 1 is 1.14 bits per heavy atom. The lowest BCUT2D eigenvalue weighted by Gasteiger charge is -2.20. The van der Waals surface area contributed by atoms with Crippen LogP contribution in [-0.2, 0) is 9.84 Å². The molecular weight excluding hydrogens is 198 g/mol. The highest BCUT2D eigenvalue weighted by Crippen LogP contribution is 2.24. The van der Waals surface area contributed by atoms with Crippen molar-refractivity contribution in [1.29, 1.82) is 0 Å². The molecule has 1 aliphatic heterocycles. The summed E-state index contributed by atoms with van der Waals surface area (Å²) >= 11 is 0. The van der Waals surface area contributed by atoms with Crippen molar-refractivity contribution in [2.24, 2.45) is 0 Å². The van der Waals surface area contributed by atoms with Crippen LogP contribution in [0.15, 0.2) is 0 Å². The molecular formula is C10H19NO2S. The van der Waals surface area contributed by atoms with Crippen molar-refractivity contribution < 1.29 is 8.42 Å². The molecule has 4 heteroatoms. The molecule has 0 aromatic carbocycles. The van der Waals surface area contributed by atoms with Gasteiger partial charge in [0.25, 0.3) is 0 Å². The highest BCUT2D eigenvalue weighted by atomic mass is 32.2. The average molecular weight is 217 g/mol. The molecule has 0 spiro atoms. The Labute approximate surface area is 86.2 Å². The molecule has 2 rings (SSSR count). The summed E-state index contributed by atoms with van der Waals surface area (Å²) < 4.78 is 23.0. The zero-order valence-electron chi connectivity index (χ0n) is 8.70. The summed E-state index contributed by atoms with van der Waals surface area (Å²) in [5.41, 5.74) is 0. The van der Waals surface area contributed by atoms with Gasteiger partial charge in [0.2, 0.25) is 0 Å². The minimum absolute atomic E-state index is 0.178. The van der Waals surface area contributed by atoms with E-state index in [1.165, 1.54) is 25.7 Å². The molecule has 2 atom stereocenters. The molecule has 0 radical (unpaired) electrons. The van der Waals surface area contributed by atoms with Gasteiger partial charge in [0.15, 0.2) is 9.84 Å². The fourth-order valence-electron chi connectivity index (χ4n) is 2.58. The van der Waals surface area contributed by atoms with Gasteiger partial charge in [-0.05, 0) is 26.2 Å². The molecule has 14 heavy (non-hydrogen) atoms. The van der Waals surface area contributed by atoms with Crippen LogP contribution in [0.1, 0.15) is 39.0 Å². The van der Waals surface area contributed by atoms with Crippen molar-refractivity contribution in [2.75, 3.05) is 5.75 Å². The van der Waals surface area contributed by atoms with Gasteiger partial charge in [-0.3, -0.25) is 0 Å². The van der Waals surface area contributed by atoms with Gasteiger partial charge in [-0.25, -0.2) is 8.42 Å². The minimum atomic E-state index is -2.78. The van der Waals surface area contributed by atoms with E-state index < -0.39 is 9.84 Å². The maximum atomic E-state index is 11.5. The molecule has 2 unspecified atom stereocenters. The Morgan fingerprint density at radius 3 is 2.29 bits per heavy atom. The van der Waals surface area contributed by atoms with E-state index >= 15 is 0 Å². The Kier molecular flexibility index (Phi) is 2.84. The van der Waals surface area contributed by atoms with Crippen LogP contribution in [0.4, 0.5) is 0 Å². The topological polar surface area (TPSA) is 46.2 Å². The second kappa shape index (κ2) is 3.81. The van der Waals surface area contributed by atoms with Gasteiger partial charge in [-0.1, -0.05) is 12.8 Å². The Balaban J connectivity index is 1.93. The SMILES string of the molecule is CC1C(NC2CCCC2)CCS1(=O)=O. The Morgan fingerprint density at radius 2 is 1.79 bits per heavy atom. The molecule has 1 heterocycles. The lowest BCUT2D eigenvalue weighted by Crippen LogP contribution is -2.41. The first-order valence-electron chi connectivity index (χ1n) is 5.57. The zero-order valence-corrected chi connectivity index (χ0v) is 9.52. The smallest absolute Gasteiger partial charge is 0.154 e. The summed E-state index contributed by atoms with van der Waals surface area (Å²) in [5.74, 6) is 0.374. The third kappa shape index (κ3) is 1.96. The summed E-state index contributed by atoms with van der Waals surface area (Å²) in [6.07, 6.45) is 5.85. The molecule has 2 fully saturated rings. The summed E-state index contributed by atoms with van der Waals surface area (Å²) in [4.78, 5) is 0. The molecule has 1 N–H and O–H groups in total. The highest BCUT2D eigenvalue weighted by Gasteiger charge is 2.37. The zero-order chi connectivity index (χ0) is 10.2. The number of hydrogen-bond donors (Lipinski definition) is 1. The van der Waals surface area contributed by atoms with E-state index in [9.17, 15) is 8.42 Å².